The number of pyridine rings is 1. The second-order valence-corrected chi connectivity index (χ2v) is 7.87. The number of nitrogens with one attached hydrogen (secondary N) is 1. The maximum absolute atomic E-state index is 12.1. The Morgan fingerprint density at radius 1 is 1.18 bits per heavy atom. The van der Waals surface area contributed by atoms with Crippen molar-refractivity contribution in [2.24, 2.45) is 5.92 Å². The van der Waals surface area contributed by atoms with Gasteiger partial charge in [-0.2, -0.15) is 0 Å². The van der Waals surface area contributed by atoms with Crippen molar-refractivity contribution >= 4 is 29.0 Å². The summed E-state index contributed by atoms with van der Waals surface area (Å²) in [5, 5.41) is 4.00. The fourth-order valence-electron chi connectivity index (χ4n) is 4.21. The molecule has 6 nitrogen and oxygen atoms in total. The molecule has 1 saturated heterocycles. The molecular weight excluding hydrogens is 374 g/mol. The van der Waals surface area contributed by atoms with Crippen LogP contribution in [0.15, 0.2) is 47.3 Å². The van der Waals surface area contributed by atoms with Crippen molar-refractivity contribution in [1.82, 2.24) is 9.47 Å². The van der Waals surface area contributed by atoms with Crippen LogP contribution in [0.5, 0.6) is 0 Å². The molecule has 2 atom stereocenters. The number of piperidine rings is 1. The summed E-state index contributed by atoms with van der Waals surface area (Å²) in [4.78, 5) is 25.7. The van der Waals surface area contributed by atoms with Gasteiger partial charge in [0.05, 0.1) is 13.5 Å². The zero-order valence-corrected chi connectivity index (χ0v) is 16.6. The molecule has 2 aromatic rings. The van der Waals surface area contributed by atoms with E-state index in [1.807, 2.05) is 34.9 Å². The van der Waals surface area contributed by atoms with Gasteiger partial charge >= 0.3 is 5.97 Å². The molecular formula is C21H23N3O3S. The fraction of sp³-hybridized carbons (Fsp3) is 0.381. The first-order chi connectivity index (χ1) is 13.5. The Morgan fingerprint density at radius 3 is 2.71 bits per heavy atom. The number of anilines is 1. The van der Waals surface area contributed by atoms with Gasteiger partial charge in [0, 0.05) is 43.0 Å². The lowest BCUT2D eigenvalue weighted by molar-refractivity contribution is -0.139. The highest BCUT2D eigenvalue weighted by Gasteiger charge is 2.35. The molecule has 0 aliphatic carbocycles. The summed E-state index contributed by atoms with van der Waals surface area (Å²) in [6.07, 6.45) is 1.36. The molecule has 1 aromatic heterocycles. The molecule has 0 spiro atoms. The molecule has 28 heavy (non-hydrogen) atoms. The normalized spacial score (nSPS) is 20.2. The van der Waals surface area contributed by atoms with Gasteiger partial charge in [0.1, 0.15) is 0 Å². The van der Waals surface area contributed by atoms with E-state index in [1.54, 1.807) is 6.07 Å². The van der Waals surface area contributed by atoms with Gasteiger partial charge in [-0.25, -0.2) is 0 Å². The van der Waals surface area contributed by atoms with Crippen molar-refractivity contribution in [3.8, 4) is 0 Å². The SMILES string of the molecule is COC(=O)Cc1ccc(NC(=S)N2C[C@H]3C[C@@H](C2)c2cccc(=O)n2C3)cc1. The van der Waals surface area contributed by atoms with E-state index in [9.17, 15) is 9.59 Å². The predicted octanol–water partition coefficient (Wildman–Crippen LogP) is 2.38. The first-order valence-corrected chi connectivity index (χ1v) is 9.85. The molecule has 146 valence electrons. The highest BCUT2D eigenvalue weighted by Crippen LogP contribution is 2.35. The van der Waals surface area contributed by atoms with Crippen LogP contribution in [0.2, 0.25) is 0 Å². The number of benzene rings is 1. The zero-order chi connectivity index (χ0) is 19.7. The highest BCUT2D eigenvalue weighted by molar-refractivity contribution is 7.80. The molecule has 2 aliphatic rings. The smallest absolute Gasteiger partial charge is 0.309 e. The van der Waals surface area contributed by atoms with E-state index in [-0.39, 0.29) is 17.9 Å². The van der Waals surface area contributed by atoms with E-state index in [4.69, 9.17) is 17.0 Å². The molecule has 3 heterocycles. The average Bonchev–Trinajstić information content (AvgIpc) is 2.70. The minimum Gasteiger partial charge on any atom is -0.469 e. The summed E-state index contributed by atoms with van der Waals surface area (Å²) in [6, 6.07) is 13.2. The van der Waals surface area contributed by atoms with E-state index in [0.717, 1.165) is 43.0 Å². The third-order valence-corrected chi connectivity index (χ3v) is 5.91. The summed E-state index contributed by atoms with van der Waals surface area (Å²) in [5.41, 5.74) is 3.00. The van der Waals surface area contributed by atoms with Gasteiger partial charge < -0.3 is 19.5 Å². The first-order valence-electron chi connectivity index (χ1n) is 9.45. The van der Waals surface area contributed by atoms with Crippen LogP contribution in [0.3, 0.4) is 0 Å². The molecule has 2 bridgehead atoms. The van der Waals surface area contributed by atoms with Gasteiger partial charge in [0.15, 0.2) is 5.11 Å². The summed E-state index contributed by atoms with van der Waals surface area (Å²) < 4.78 is 6.62. The second kappa shape index (κ2) is 7.75. The largest absolute Gasteiger partial charge is 0.469 e. The van der Waals surface area contributed by atoms with Gasteiger partial charge in [-0.05, 0) is 48.3 Å². The third kappa shape index (κ3) is 3.80. The number of hydrogen-bond donors (Lipinski definition) is 1. The Bertz CT molecular complexity index is 954. The summed E-state index contributed by atoms with van der Waals surface area (Å²) in [5.74, 6) is 0.493. The Kier molecular flexibility index (Phi) is 5.17. The lowest BCUT2D eigenvalue weighted by Crippen LogP contribution is -2.50. The molecule has 0 radical (unpaired) electrons. The number of thiocarbonyl (C=S) groups is 1. The van der Waals surface area contributed by atoms with Gasteiger partial charge in [-0.1, -0.05) is 18.2 Å². The van der Waals surface area contributed by atoms with Gasteiger partial charge in [0.2, 0.25) is 0 Å². The summed E-state index contributed by atoms with van der Waals surface area (Å²) in [7, 11) is 1.39. The number of methoxy groups -OCH3 is 1. The number of esters is 1. The molecule has 2 aliphatic heterocycles. The number of rotatable bonds is 3. The predicted molar refractivity (Wildman–Crippen MR) is 112 cm³/mol. The average molecular weight is 398 g/mol. The van der Waals surface area contributed by atoms with E-state index in [2.05, 4.69) is 16.3 Å². The quantitative estimate of drug-likeness (QED) is 0.634. The summed E-state index contributed by atoms with van der Waals surface area (Å²) >= 11 is 5.65. The van der Waals surface area contributed by atoms with E-state index < -0.39 is 0 Å². The van der Waals surface area contributed by atoms with E-state index >= 15 is 0 Å². The number of fused-ring (bicyclic) bond motifs is 4. The van der Waals surface area contributed by atoms with Crippen molar-refractivity contribution in [2.45, 2.75) is 25.3 Å². The molecule has 1 N–H and O–H groups in total. The van der Waals surface area contributed by atoms with Crippen LogP contribution in [0.4, 0.5) is 5.69 Å². The van der Waals surface area contributed by atoms with E-state index in [0.29, 0.717) is 16.9 Å². The van der Waals surface area contributed by atoms with Gasteiger partial charge in [0.25, 0.3) is 5.56 Å². The van der Waals surface area contributed by atoms with E-state index in [1.165, 1.54) is 7.11 Å². The monoisotopic (exact) mass is 397 g/mol. The topological polar surface area (TPSA) is 63.6 Å². The Morgan fingerprint density at radius 2 is 1.96 bits per heavy atom. The number of ether oxygens (including phenoxy) is 1. The first kappa shape index (κ1) is 18.7. The molecule has 0 saturated carbocycles. The molecule has 0 unspecified atom stereocenters. The van der Waals surface area contributed by atoms with Crippen molar-refractivity contribution in [1.29, 1.82) is 0 Å². The van der Waals surface area contributed by atoms with Crippen LogP contribution in [0.25, 0.3) is 0 Å². The second-order valence-electron chi connectivity index (χ2n) is 7.48. The van der Waals surface area contributed by atoms with Crippen LogP contribution in [-0.2, 0) is 22.5 Å². The maximum Gasteiger partial charge on any atom is 0.309 e. The number of carbonyl (C=O) groups excluding carboxylic acids is 1. The van der Waals surface area contributed by atoms with Crippen molar-refractivity contribution in [3.05, 3.63) is 64.1 Å². The van der Waals surface area contributed by atoms with Crippen LogP contribution >= 0.6 is 12.2 Å². The number of aromatic nitrogens is 1. The third-order valence-electron chi connectivity index (χ3n) is 5.55. The number of nitrogens with zero attached hydrogens (tertiary/aromatic N) is 2. The Hall–Kier alpha value is -2.67. The van der Waals surface area contributed by atoms with Crippen LogP contribution in [0.1, 0.15) is 23.6 Å². The number of hydrogen-bond acceptors (Lipinski definition) is 4. The molecule has 4 rings (SSSR count). The standard InChI is InChI=1S/C21H23N3O3S/c1-27-20(26)10-14-5-7-17(8-6-14)22-21(28)23-11-15-9-16(13-23)18-3-2-4-19(25)24(18)12-15/h2-8,15-16H,9-13H2,1H3,(H,22,28)/t15-,16+/m1/s1. The highest BCUT2D eigenvalue weighted by atomic mass is 32.1. The molecule has 0 amide bonds. The van der Waals surface area contributed by atoms with Crippen molar-refractivity contribution in [2.75, 3.05) is 25.5 Å². The minimum absolute atomic E-state index is 0.0911. The molecule has 7 heteroatoms. The van der Waals surface area contributed by atoms with Crippen LogP contribution in [0, 0.1) is 5.92 Å². The number of likely N-dealkylation sites (tertiary alicyclic amines) is 1. The molecule has 1 aromatic carbocycles. The minimum atomic E-state index is -0.254. The number of carbonyl (C=O) groups is 1. The lowest BCUT2D eigenvalue weighted by atomic mass is 9.83. The maximum atomic E-state index is 12.1. The van der Waals surface area contributed by atoms with Gasteiger partial charge in [-0.15, -0.1) is 0 Å². The molecule has 1 fully saturated rings. The lowest BCUT2D eigenvalue weighted by Gasteiger charge is -2.43. The Labute approximate surface area is 169 Å². The Balaban J connectivity index is 1.42. The zero-order valence-electron chi connectivity index (χ0n) is 15.8. The van der Waals surface area contributed by atoms with Crippen molar-refractivity contribution in [3.63, 3.8) is 0 Å². The summed E-state index contributed by atoms with van der Waals surface area (Å²) in [6.45, 7) is 2.42. The van der Waals surface area contributed by atoms with Gasteiger partial charge in [-0.3, -0.25) is 9.59 Å². The van der Waals surface area contributed by atoms with Crippen molar-refractivity contribution < 1.29 is 9.53 Å². The van der Waals surface area contributed by atoms with Crippen LogP contribution < -0.4 is 10.9 Å². The van der Waals surface area contributed by atoms with Crippen LogP contribution in [-0.4, -0.2) is 40.7 Å². The fourth-order valence-corrected chi connectivity index (χ4v) is 4.48.